The standard InChI is InChI=1S/C23H14Cl2N2O3S/c24-16-12-7-13-17(25)18(16)20-19-22(29)27(15-10-5-2-6-11-15)31-23(19,30-26-20)21(28)14-8-3-1-4-9-14/h1-13,19H. The second-order valence-electron chi connectivity index (χ2n) is 7.02. The monoisotopic (exact) mass is 468 g/mol. The molecule has 8 heteroatoms. The molecule has 2 heterocycles. The number of amides is 1. The van der Waals surface area contributed by atoms with Crippen molar-refractivity contribution >= 4 is 58.2 Å². The second-order valence-corrected chi connectivity index (χ2v) is 8.99. The molecular weight excluding hydrogens is 455 g/mol. The Balaban J connectivity index is 1.66. The summed E-state index contributed by atoms with van der Waals surface area (Å²) in [6, 6.07) is 22.8. The minimum Gasteiger partial charge on any atom is -0.366 e. The molecule has 31 heavy (non-hydrogen) atoms. The number of fused-ring (bicyclic) bond motifs is 1. The highest BCUT2D eigenvalue weighted by atomic mass is 35.5. The number of para-hydroxylation sites is 1. The van der Waals surface area contributed by atoms with E-state index < -0.39 is 10.9 Å². The van der Waals surface area contributed by atoms with Crippen LogP contribution in [0, 0.1) is 5.92 Å². The number of carbonyl (C=O) groups excluding carboxylic acids is 2. The summed E-state index contributed by atoms with van der Waals surface area (Å²) in [6.45, 7) is 0. The number of rotatable bonds is 4. The van der Waals surface area contributed by atoms with Gasteiger partial charge in [0.15, 0.2) is 0 Å². The van der Waals surface area contributed by atoms with E-state index in [0.29, 0.717) is 26.9 Å². The van der Waals surface area contributed by atoms with Crippen LogP contribution in [0.2, 0.25) is 10.0 Å². The van der Waals surface area contributed by atoms with E-state index in [1.807, 2.05) is 24.3 Å². The van der Waals surface area contributed by atoms with Crippen LogP contribution in [-0.4, -0.2) is 22.3 Å². The highest BCUT2D eigenvalue weighted by Crippen LogP contribution is 2.54. The van der Waals surface area contributed by atoms with Crippen LogP contribution in [0.5, 0.6) is 0 Å². The summed E-state index contributed by atoms with van der Waals surface area (Å²) < 4.78 is 1.48. The van der Waals surface area contributed by atoms with Gasteiger partial charge in [0, 0.05) is 23.1 Å². The molecule has 2 atom stereocenters. The van der Waals surface area contributed by atoms with Gasteiger partial charge >= 0.3 is 0 Å². The van der Waals surface area contributed by atoms with Crippen molar-refractivity contribution in [3.05, 3.63) is 100 Å². The fourth-order valence-corrected chi connectivity index (χ4v) is 5.60. The molecule has 1 saturated heterocycles. The summed E-state index contributed by atoms with van der Waals surface area (Å²) in [5.41, 5.74) is 1.70. The van der Waals surface area contributed by atoms with Crippen molar-refractivity contribution in [2.45, 2.75) is 4.93 Å². The van der Waals surface area contributed by atoms with Crippen LogP contribution >= 0.6 is 35.1 Å². The van der Waals surface area contributed by atoms with E-state index in [-0.39, 0.29) is 17.4 Å². The van der Waals surface area contributed by atoms with E-state index in [4.69, 9.17) is 28.0 Å². The van der Waals surface area contributed by atoms with Gasteiger partial charge < -0.3 is 4.84 Å². The fourth-order valence-electron chi connectivity index (χ4n) is 3.73. The highest BCUT2D eigenvalue weighted by Gasteiger charge is 2.67. The van der Waals surface area contributed by atoms with Crippen molar-refractivity contribution in [3.63, 3.8) is 0 Å². The minimum absolute atomic E-state index is 0.246. The van der Waals surface area contributed by atoms with E-state index in [9.17, 15) is 9.59 Å². The van der Waals surface area contributed by atoms with Crippen LogP contribution in [0.25, 0.3) is 0 Å². The van der Waals surface area contributed by atoms with Crippen LogP contribution in [0.15, 0.2) is 84.0 Å². The number of nitrogens with zero attached hydrogens (tertiary/aromatic N) is 2. The molecule has 0 radical (unpaired) electrons. The summed E-state index contributed by atoms with van der Waals surface area (Å²) >= 11 is 13.8. The van der Waals surface area contributed by atoms with E-state index in [1.165, 1.54) is 4.31 Å². The Morgan fingerprint density at radius 2 is 1.55 bits per heavy atom. The number of anilines is 1. The van der Waals surface area contributed by atoms with Crippen molar-refractivity contribution < 1.29 is 14.4 Å². The van der Waals surface area contributed by atoms with Gasteiger partial charge in [0.25, 0.3) is 10.8 Å². The van der Waals surface area contributed by atoms with Crippen LogP contribution in [-0.2, 0) is 9.63 Å². The zero-order chi connectivity index (χ0) is 21.6. The van der Waals surface area contributed by atoms with Gasteiger partial charge in [-0.05, 0) is 24.3 Å². The molecule has 0 N–H and O–H groups in total. The molecule has 2 aliphatic rings. The molecule has 1 amide bonds. The molecule has 0 saturated carbocycles. The van der Waals surface area contributed by atoms with Crippen molar-refractivity contribution in [1.29, 1.82) is 0 Å². The van der Waals surface area contributed by atoms with Crippen LogP contribution in [0.3, 0.4) is 0 Å². The molecule has 5 nitrogen and oxygen atoms in total. The molecule has 0 bridgehead atoms. The third-order valence-electron chi connectivity index (χ3n) is 5.17. The molecule has 3 aromatic carbocycles. The normalized spacial score (nSPS) is 22.1. The van der Waals surface area contributed by atoms with Crippen LogP contribution in [0.4, 0.5) is 5.69 Å². The molecule has 5 rings (SSSR count). The molecule has 0 aliphatic carbocycles. The number of Topliss-reactive ketones (excluding diaryl/α,β-unsaturated/α-hetero) is 1. The summed E-state index contributed by atoms with van der Waals surface area (Å²) in [4.78, 5) is 31.5. The Morgan fingerprint density at radius 3 is 2.19 bits per heavy atom. The topological polar surface area (TPSA) is 59.0 Å². The fraction of sp³-hybridized carbons (Fsp3) is 0.0870. The van der Waals surface area contributed by atoms with Gasteiger partial charge in [-0.3, -0.25) is 9.59 Å². The number of halogens is 2. The molecule has 3 aromatic rings. The molecule has 0 spiro atoms. The number of carbonyl (C=O) groups is 2. The SMILES string of the molecule is O=C1C2C(c3c(Cl)cccc3Cl)=NOC2(C(=O)c2ccccc2)SN1c1ccccc1. The summed E-state index contributed by atoms with van der Waals surface area (Å²) in [5.74, 6) is -1.69. The molecule has 0 aromatic heterocycles. The molecule has 2 unspecified atom stereocenters. The maximum Gasteiger partial charge on any atom is 0.281 e. The Labute approximate surface area is 192 Å². The van der Waals surface area contributed by atoms with Gasteiger partial charge in [0.2, 0.25) is 5.78 Å². The van der Waals surface area contributed by atoms with Crippen molar-refractivity contribution in [3.8, 4) is 0 Å². The van der Waals surface area contributed by atoms with E-state index >= 15 is 0 Å². The highest BCUT2D eigenvalue weighted by molar-refractivity contribution is 8.04. The molecule has 154 valence electrons. The van der Waals surface area contributed by atoms with Crippen molar-refractivity contribution in [1.82, 2.24) is 0 Å². The predicted molar refractivity (Wildman–Crippen MR) is 123 cm³/mol. The van der Waals surface area contributed by atoms with E-state index in [0.717, 1.165) is 11.9 Å². The predicted octanol–water partition coefficient (Wildman–Crippen LogP) is 5.62. The van der Waals surface area contributed by atoms with Gasteiger partial charge in [-0.1, -0.05) is 83.0 Å². The van der Waals surface area contributed by atoms with Gasteiger partial charge in [-0.25, -0.2) is 4.31 Å². The van der Waals surface area contributed by atoms with Gasteiger partial charge in [0.1, 0.15) is 11.6 Å². The van der Waals surface area contributed by atoms with E-state index in [1.54, 1.807) is 54.6 Å². The molecule has 2 aliphatic heterocycles. The summed E-state index contributed by atoms with van der Waals surface area (Å²) in [7, 11) is 0. The van der Waals surface area contributed by atoms with Crippen molar-refractivity contribution in [2.75, 3.05) is 4.31 Å². The lowest BCUT2D eigenvalue weighted by atomic mass is 9.87. The number of hydrogen-bond donors (Lipinski definition) is 0. The quantitative estimate of drug-likeness (QED) is 0.368. The van der Waals surface area contributed by atoms with Crippen LogP contribution in [0.1, 0.15) is 15.9 Å². The zero-order valence-electron chi connectivity index (χ0n) is 15.9. The first-order valence-electron chi connectivity index (χ1n) is 9.41. The maximum atomic E-state index is 13.7. The van der Waals surface area contributed by atoms with Crippen LogP contribution < -0.4 is 4.31 Å². The first-order chi connectivity index (χ1) is 15.0. The molecule has 1 fully saturated rings. The number of hydrogen-bond acceptors (Lipinski definition) is 5. The first-order valence-corrected chi connectivity index (χ1v) is 10.9. The lowest BCUT2D eigenvalue weighted by molar-refractivity contribution is -0.120. The van der Waals surface area contributed by atoms with Gasteiger partial charge in [-0.2, -0.15) is 0 Å². The second kappa shape index (κ2) is 7.71. The Bertz CT molecular complexity index is 1200. The van der Waals surface area contributed by atoms with Crippen molar-refractivity contribution in [2.24, 2.45) is 11.1 Å². The van der Waals surface area contributed by atoms with Gasteiger partial charge in [-0.15, -0.1) is 0 Å². The largest absolute Gasteiger partial charge is 0.366 e. The maximum absolute atomic E-state index is 13.7. The number of ketones is 1. The Hall–Kier alpha value is -2.80. The average molecular weight is 469 g/mol. The number of oxime groups is 1. The lowest BCUT2D eigenvalue weighted by Gasteiger charge is -2.23. The van der Waals surface area contributed by atoms with E-state index in [2.05, 4.69) is 5.16 Å². The third kappa shape index (κ3) is 3.14. The molecular formula is C23H14Cl2N2O3S. The lowest BCUT2D eigenvalue weighted by Crippen LogP contribution is -2.43. The summed E-state index contributed by atoms with van der Waals surface area (Å²) in [6.07, 6.45) is 0. The average Bonchev–Trinajstić information content (AvgIpc) is 3.31. The third-order valence-corrected chi connectivity index (χ3v) is 7.14. The number of benzene rings is 3. The zero-order valence-corrected chi connectivity index (χ0v) is 18.2. The minimum atomic E-state index is -1.59. The smallest absolute Gasteiger partial charge is 0.281 e. The Kier molecular flexibility index (Phi) is 5.01. The summed E-state index contributed by atoms with van der Waals surface area (Å²) in [5, 5.41) is 4.82. The first kappa shape index (κ1) is 20.1. The Morgan fingerprint density at radius 1 is 0.935 bits per heavy atom. The van der Waals surface area contributed by atoms with Gasteiger partial charge in [0.05, 0.1) is 15.7 Å².